The number of hydrogen-bond acceptors (Lipinski definition) is 2. The first-order chi connectivity index (χ1) is 5.13. The average molecular weight is 152 g/mol. The third-order valence-corrected chi connectivity index (χ3v) is 1.60. The molecule has 0 aromatic carbocycles. The lowest BCUT2D eigenvalue weighted by atomic mass is 10.1. The van der Waals surface area contributed by atoms with E-state index in [1.807, 2.05) is 13.8 Å². The van der Waals surface area contributed by atoms with E-state index in [9.17, 15) is 0 Å². The third kappa shape index (κ3) is 2.94. The normalized spacial score (nSPS) is 14.2. The Kier molecular flexibility index (Phi) is 4.11. The highest BCUT2D eigenvalue weighted by Gasteiger charge is 1.96. The van der Waals surface area contributed by atoms with Gasteiger partial charge in [0.15, 0.2) is 0 Å². The number of hydrogen-bond donors (Lipinski definition) is 2. The number of nitrogens with two attached hydrogens (primary N) is 2. The molecule has 0 aromatic rings. The molecule has 0 bridgehead atoms. The Bertz CT molecular complexity index is 200. The largest absolute Gasteiger partial charge is 0.397 e. The van der Waals surface area contributed by atoms with Crippen LogP contribution in [0.4, 0.5) is 0 Å². The van der Waals surface area contributed by atoms with Gasteiger partial charge < -0.3 is 11.5 Å². The zero-order chi connectivity index (χ0) is 8.85. The minimum absolute atomic E-state index is 0.597. The Hall–Kier alpha value is -1.18. The molecule has 0 heterocycles. The molecule has 0 radical (unpaired) electrons. The van der Waals surface area contributed by atoms with Crippen LogP contribution in [0.2, 0.25) is 0 Å². The molecule has 4 N–H and O–H groups in total. The summed E-state index contributed by atoms with van der Waals surface area (Å²) in [4.78, 5) is 0. The third-order valence-electron chi connectivity index (χ3n) is 1.60. The summed E-state index contributed by atoms with van der Waals surface area (Å²) in [5, 5.41) is 0. The van der Waals surface area contributed by atoms with E-state index in [1.165, 1.54) is 0 Å². The Morgan fingerprint density at radius 1 is 1.45 bits per heavy atom. The van der Waals surface area contributed by atoms with E-state index in [1.54, 1.807) is 12.2 Å². The van der Waals surface area contributed by atoms with E-state index < -0.39 is 0 Å². The second-order valence-corrected chi connectivity index (χ2v) is 2.41. The first kappa shape index (κ1) is 9.82. The maximum atomic E-state index is 5.70. The van der Waals surface area contributed by atoms with Crippen LogP contribution in [0.1, 0.15) is 20.3 Å². The lowest BCUT2D eigenvalue weighted by Crippen LogP contribution is -2.10. The second-order valence-electron chi connectivity index (χ2n) is 2.41. The van der Waals surface area contributed by atoms with Crippen molar-refractivity contribution in [1.82, 2.24) is 0 Å². The first-order valence-corrected chi connectivity index (χ1v) is 3.67. The molecule has 0 saturated carbocycles. The lowest BCUT2D eigenvalue weighted by Gasteiger charge is -2.04. The Labute approximate surface area is 68.3 Å². The van der Waals surface area contributed by atoms with Gasteiger partial charge in [0.05, 0.1) is 11.4 Å². The molecular formula is C9H16N2. The molecular weight excluding hydrogens is 136 g/mol. The smallest absolute Gasteiger partial charge is 0.0546 e. The van der Waals surface area contributed by atoms with Gasteiger partial charge >= 0.3 is 0 Å². The van der Waals surface area contributed by atoms with Gasteiger partial charge in [0.25, 0.3) is 0 Å². The zero-order valence-corrected chi connectivity index (χ0v) is 7.22. The molecule has 0 rings (SSSR count). The summed E-state index contributed by atoms with van der Waals surface area (Å²) in [6, 6.07) is 0. The number of allylic oxidation sites excluding steroid dienone is 3. The van der Waals surface area contributed by atoms with Crippen LogP contribution in [0.5, 0.6) is 0 Å². The summed E-state index contributed by atoms with van der Waals surface area (Å²) >= 11 is 0. The molecule has 0 aliphatic rings. The topological polar surface area (TPSA) is 52.0 Å². The van der Waals surface area contributed by atoms with Crippen LogP contribution in [-0.2, 0) is 0 Å². The van der Waals surface area contributed by atoms with Crippen LogP contribution in [0.15, 0.2) is 35.7 Å². The predicted molar refractivity (Wildman–Crippen MR) is 49.6 cm³/mol. The van der Waals surface area contributed by atoms with Crippen molar-refractivity contribution in [1.29, 1.82) is 0 Å². The van der Waals surface area contributed by atoms with Crippen molar-refractivity contribution < 1.29 is 0 Å². The van der Waals surface area contributed by atoms with E-state index >= 15 is 0 Å². The molecule has 0 fully saturated rings. The second kappa shape index (κ2) is 4.61. The van der Waals surface area contributed by atoms with Crippen molar-refractivity contribution in [2.24, 2.45) is 11.5 Å². The molecule has 62 valence electrons. The minimum Gasteiger partial charge on any atom is -0.397 e. The van der Waals surface area contributed by atoms with E-state index in [4.69, 9.17) is 11.5 Å². The van der Waals surface area contributed by atoms with Crippen LogP contribution in [0, 0.1) is 0 Å². The van der Waals surface area contributed by atoms with Gasteiger partial charge in [-0.3, -0.25) is 0 Å². The minimum atomic E-state index is 0.597. The summed E-state index contributed by atoms with van der Waals surface area (Å²) < 4.78 is 0. The highest BCUT2D eigenvalue weighted by atomic mass is 14.7. The maximum Gasteiger partial charge on any atom is 0.0546 e. The molecule has 0 amide bonds. The van der Waals surface area contributed by atoms with E-state index in [0.717, 1.165) is 12.0 Å². The van der Waals surface area contributed by atoms with Crippen molar-refractivity contribution in [2.45, 2.75) is 20.3 Å². The van der Waals surface area contributed by atoms with Crippen molar-refractivity contribution in [3.8, 4) is 0 Å². The number of rotatable bonds is 3. The highest BCUT2D eigenvalue weighted by molar-refractivity contribution is 5.31. The van der Waals surface area contributed by atoms with Gasteiger partial charge in [0.1, 0.15) is 0 Å². The summed E-state index contributed by atoms with van der Waals surface area (Å²) in [5.41, 5.74) is 13.7. The predicted octanol–water partition coefficient (Wildman–Crippen LogP) is 1.66. The Morgan fingerprint density at radius 3 is 2.36 bits per heavy atom. The molecule has 2 heteroatoms. The van der Waals surface area contributed by atoms with Gasteiger partial charge in [-0.2, -0.15) is 0 Å². The molecule has 0 aliphatic heterocycles. The van der Waals surface area contributed by atoms with Crippen molar-refractivity contribution in [2.75, 3.05) is 0 Å². The van der Waals surface area contributed by atoms with Gasteiger partial charge in [0.2, 0.25) is 0 Å². The molecule has 11 heavy (non-hydrogen) atoms. The quantitative estimate of drug-likeness (QED) is 0.604. The van der Waals surface area contributed by atoms with Gasteiger partial charge in [-0.05, 0) is 25.0 Å². The van der Waals surface area contributed by atoms with Gasteiger partial charge in [-0.1, -0.05) is 19.6 Å². The average Bonchev–Trinajstić information content (AvgIpc) is 2.02. The monoisotopic (exact) mass is 152 g/mol. The van der Waals surface area contributed by atoms with Gasteiger partial charge in [0, 0.05) is 0 Å². The van der Waals surface area contributed by atoms with Crippen LogP contribution in [0.25, 0.3) is 0 Å². The van der Waals surface area contributed by atoms with Crippen molar-refractivity contribution in [3.63, 3.8) is 0 Å². The fourth-order valence-electron chi connectivity index (χ4n) is 0.654. The van der Waals surface area contributed by atoms with Gasteiger partial charge in [-0.15, -0.1) is 0 Å². The van der Waals surface area contributed by atoms with Crippen LogP contribution in [0.3, 0.4) is 0 Å². The van der Waals surface area contributed by atoms with Crippen molar-refractivity contribution >= 4 is 0 Å². The SMILES string of the molecule is C=C/C=C(N)\C(N)=C(\C)CC. The molecule has 0 spiro atoms. The van der Waals surface area contributed by atoms with E-state index in [2.05, 4.69) is 6.58 Å². The molecule has 0 unspecified atom stereocenters. The summed E-state index contributed by atoms with van der Waals surface area (Å²) in [6.45, 7) is 7.55. The Balaban J connectivity index is 4.58. The maximum absolute atomic E-state index is 5.70. The molecule has 0 atom stereocenters. The summed E-state index contributed by atoms with van der Waals surface area (Å²) in [7, 11) is 0. The van der Waals surface area contributed by atoms with Crippen LogP contribution < -0.4 is 11.5 Å². The van der Waals surface area contributed by atoms with E-state index in [-0.39, 0.29) is 0 Å². The van der Waals surface area contributed by atoms with Crippen molar-refractivity contribution in [3.05, 3.63) is 35.7 Å². The van der Waals surface area contributed by atoms with Crippen LogP contribution in [-0.4, -0.2) is 0 Å². The zero-order valence-electron chi connectivity index (χ0n) is 7.22. The molecule has 0 saturated heterocycles. The standard InChI is InChI=1S/C9H16N2/c1-4-6-8(10)9(11)7(3)5-2/h4,6H,1,5,10-11H2,2-3H3/b8-6+,9-7+. The van der Waals surface area contributed by atoms with E-state index in [0.29, 0.717) is 11.4 Å². The fourth-order valence-corrected chi connectivity index (χ4v) is 0.654. The molecule has 2 nitrogen and oxygen atoms in total. The molecule has 0 aromatic heterocycles. The summed E-state index contributed by atoms with van der Waals surface area (Å²) in [6.07, 6.45) is 4.26. The summed E-state index contributed by atoms with van der Waals surface area (Å²) in [5.74, 6) is 0. The van der Waals surface area contributed by atoms with Gasteiger partial charge in [-0.25, -0.2) is 0 Å². The fraction of sp³-hybridized carbons (Fsp3) is 0.333. The molecule has 0 aliphatic carbocycles. The lowest BCUT2D eigenvalue weighted by molar-refractivity contribution is 1.04. The Morgan fingerprint density at radius 2 is 2.00 bits per heavy atom. The first-order valence-electron chi connectivity index (χ1n) is 3.67. The highest BCUT2D eigenvalue weighted by Crippen LogP contribution is 2.07. The van der Waals surface area contributed by atoms with Crippen LogP contribution >= 0.6 is 0 Å².